The Morgan fingerprint density at radius 3 is 1.88 bits per heavy atom. The molecule has 4 rings (SSSR count). The summed E-state index contributed by atoms with van der Waals surface area (Å²) in [5, 5.41) is 24.3. The highest BCUT2D eigenvalue weighted by atomic mass is 16.6. The van der Waals surface area contributed by atoms with Gasteiger partial charge in [0.15, 0.2) is 0 Å². The van der Waals surface area contributed by atoms with E-state index >= 15 is 0 Å². The zero-order valence-electron chi connectivity index (χ0n) is 24.2. The van der Waals surface area contributed by atoms with Gasteiger partial charge in [-0.2, -0.15) is 10.5 Å². The summed E-state index contributed by atoms with van der Waals surface area (Å²) in [6.45, 7) is 7.30. The maximum atomic E-state index is 13.4. The lowest BCUT2D eigenvalue weighted by atomic mass is 9.91. The predicted molar refractivity (Wildman–Crippen MR) is 157 cm³/mol. The molecule has 3 aromatic rings. The molecule has 3 aromatic carbocycles. The van der Waals surface area contributed by atoms with E-state index in [2.05, 4.69) is 22.8 Å². The van der Waals surface area contributed by atoms with Crippen LogP contribution in [0, 0.1) is 29.6 Å². The average Bonchev–Trinajstić information content (AvgIpc) is 2.93. The molecule has 216 valence electrons. The van der Waals surface area contributed by atoms with Gasteiger partial charge in [0.2, 0.25) is 0 Å². The molecule has 0 radical (unpaired) electrons. The smallest absolute Gasteiger partial charge is 0.407 e. The van der Waals surface area contributed by atoms with Crippen molar-refractivity contribution < 1.29 is 23.8 Å². The lowest BCUT2D eigenvalue weighted by Crippen LogP contribution is -2.45. The van der Waals surface area contributed by atoms with Crippen molar-refractivity contribution in [3.63, 3.8) is 0 Å². The van der Waals surface area contributed by atoms with Crippen molar-refractivity contribution in [3.8, 4) is 35.1 Å². The lowest BCUT2D eigenvalue weighted by molar-refractivity contribution is 0.0488. The van der Waals surface area contributed by atoms with Crippen molar-refractivity contribution in [3.05, 3.63) is 82.9 Å². The summed E-state index contributed by atoms with van der Waals surface area (Å²) >= 11 is 0. The minimum absolute atomic E-state index is 0.00645. The van der Waals surface area contributed by atoms with Crippen LogP contribution < -0.4 is 20.1 Å². The number of hydrogen-bond donors (Lipinski definition) is 2. The molecule has 1 aliphatic carbocycles. The normalized spacial score (nSPS) is 16.3. The van der Waals surface area contributed by atoms with Gasteiger partial charge in [-0.05, 0) is 114 Å². The Balaban J connectivity index is 1.47. The monoisotopic (exact) mass is 566 g/mol. The van der Waals surface area contributed by atoms with E-state index in [0.29, 0.717) is 52.5 Å². The molecule has 0 spiro atoms. The number of nitrogens with zero attached hydrogens (tertiary/aromatic N) is 2. The van der Waals surface area contributed by atoms with Gasteiger partial charge in [0.05, 0.1) is 23.3 Å². The van der Waals surface area contributed by atoms with Crippen LogP contribution >= 0.6 is 0 Å². The first-order chi connectivity index (χ1) is 20.0. The molecule has 0 unspecified atom stereocenters. The number of nitriles is 2. The Morgan fingerprint density at radius 2 is 1.33 bits per heavy atom. The quantitative estimate of drug-likeness (QED) is 0.318. The summed E-state index contributed by atoms with van der Waals surface area (Å²) in [7, 11) is 0. The fourth-order valence-electron chi connectivity index (χ4n) is 4.64. The van der Waals surface area contributed by atoms with Gasteiger partial charge in [0.1, 0.15) is 28.6 Å². The molecule has 0 bridgehead atoms. The van der Waals surface area contributed by atoms with Crippen LogP contribution in [0.15, 0.2) is 60.7 Å². The molecule has 1 fully saturated rings. The summed E-state index contributed by atoms with van der Waals surface area (Å²) in [4.78, 5) is 25.5. The van der Waals surface area contributed by atoms with Crippen LogP contribution in [0.5, 0.6) is 23.0 Å². The molecular formula is C33H34N4O5. The van der Waals surface area contributed by atoms with Crippen molar-refractivity contribution in [2.75, 3.05) is 0 Å². The van der Waals surface area contributed by atoms with E-state index < -0.39 is 11.7 Å². The third-order valence-corrected chi connectivity index (χ3v) is 6.70. The molecule has 0 aliphatic heterocycles. The third kappa shape index (κ3) is 8.49. The highest BCUT2D eigenvalue weighted by Crippen LogP contribution is 2.32. The van der Waals surface area contributed by atoms with E-state index in [4.69, 9.17) is 19.5 Å². The maximum absolute atomic E-state index is 13.4. The van der Waals surface area contributed by atoms with E-state index in [1.54, 1.807) is 60.7 Å². The van der Waals surface area contributed by atoms with Crippen molar-refractivity contribution in [1.29, 1.82) is 10.5 Å². The van der Waals surface area contributed by atoms with Crippen LogP contribution in [0.4, 0.5) is 4.79 Å². The number of rotatable bonds is 7. The Morgan fingerprint density at radius 1 is 0.762 bits per heavy atom. The average molecular weight is 567 g/mol. The molecule has 2 N–H and O–H groups in total. The molecule has 1 aliphatic rings. The van der Waals surface area contributed by atoms with Gasteiger partial charge in [-0.15, -0.1) is 0 Å². The summed E-state index contributed by atoms with van der Waals surface area (Å²) in [5.74, 6) is 1.52. The fraction of sp³-hybridized carbons (Fsp3) is 0.333. The van der Waals surface area contributed by atoms with E-state index in [9.17, 15) is 14.9 Å². The number of nitrogens with one attached hydrogen (secondary N) is 2. The third-order valence-electron chi connectivity index (χ3n) is 6.70. The van der Waals surface area contributed by atoms with Crippen LogP contribution in [-0.2, 0) is 4.74 Å². The van der Waals surface area contributed by atoms with E-state index in [1.165, 1.54) is 0 Å². The second-order valence-corrected chi connectivity index (χ2v) is 11.3. The minimum Gasteiger partial charge on any atom is -0.457 e. The molecule has 0 heterocycles. The Hall–Kier alpha value is -5.02. The Bertz CT molecular complexity index is 1520. The van der Waals surface area contributed by atoms with E-state index in [1.807, 2.05) is 27.7 Å². The molecule has 0 saturated heterocycles. The summed E-state index contributed by atoms with van der Waals surface area (Å²) in [5.41, 5.74) is 1.63. The Kier molecular flexibility index (Phi) is 9.34. The first-order valence-electron chi connectivity index (χ1n) is 13.8. The van der Waals surface area contributed by atoms with Crippen molar-refractivity contribution >= 4 is 12.0 Å². The predicted octanol–water partition coefficient (Wildman–Crippen LogP) is 6.89. The number of ether oxygens (including phenoxy) is 3. The van der Waals surface area contributed by atoms with E-state index in [0.717, 1.165) is 18.4 Å². The first kappa shape index (κ1) is 30.0. The van der Waals surface area contributed by atoms with Gasteiger partial charge in [0, 0.05) is 23.7 Å². The second-order valence-electron chi connectivity index (χ2n) is 11.3. The number of alkyl carbamates (subject to hydrolysis) is 1. The van der Waals surface area contributed by atoms with Crippen LogP contribution in [0.2, 0.25) is 0 Å². The van der Waals surface area contributed by atoms with Gasteiger partial charge in [-0.25, -0.2) is 4.79 Å². The zero-order valence-corrected chi connectivity index (χ0v) is 24.2. The number of aryl methyl sites for hydroxylation is 1. The number of carbonyl (C=O) groups is 2. The highest BCUT2D eigenvalue weighted by Gasteiger charge is 2.26. The molecule has 1 saturated carbocycles. The van der Waals surface area contributed by atoms with Gasteiger partial charge in [-0.1, -0.05) is 0 Å². The van der Waals surface area contributed by atoms with Crippen LogP contribution in [0.1, 0.15) is 73.5 Å². The summed E-state index contributed by atoms with van der Waals surface area (Å²) < 4.78 is 17.4. The maximum Gasteiger partial charge on any atom is 0.407 e. The van der Waals surface area contributed by atoms with Crippen molar-refractivity contribution in [2.24, 2.45) is 0 Å². The Labute approximate surface area is 246 Å². The van der Waals surface area contributed by atoms with Gasteiger partial charge in [0.25, 0.3) is 5.91 Å². The molecular weight excluding hydrogens is 532 g/mol. The number of hydrogen-bond acceptors (Lipinski definition) is 7. The van der Waals surface area contributed by atoms with E-state index in [-0.39, 0.29) is 18.0 Å². The SMILES string of the molecule is Cc1cc(Oc2cc(Oc3ccc(C#N)cc3)cc(C(=O)NC3CCC(NC(=O)OC(C)(C)C)CC3)c2)ccc1C#N. The summed E-state index contributed by atoms with van der Waals surface area (Å²) in [6.07, 6.45) is 2.43. The number of benzene rings is 3. The lowest BCUT2D eigenvalue weighted by Gasteiger charge is -2.30. The zero-order chi connectivity index (χ0) is 30.3. The van der Waals surface area contributed by atoms with Gasteiger partial charge >= 0.3 is 6.09 Å². The van der Waals surface area contributed by atoms with Crippen molar-refractivity contribution in [2.45, 2.75) is 71.1 Å². The first-order valence-corrected chi connectivity index (χ1v) is 13.8. The number of amides is 2. The van der Waals surface area contributed by atoms with Crippen LogP contribution in [0.25, 0.3) is 0 Å². The van der Waals surface area contributed by atoms with Gasteiger partial charge < -0.3 is 24.8 Å². The topological polar surface area (TPSA) is 133 Å². The van der Waals surface area contributed by atoms with Crippen LogP contribution in [-0.4, -0.2) is 29.7 Å². The largest absolute Gasteiger partial charge is 0.457 e. The van der Waals surface area contributed by atoms with Crippen molar-refractivity contribution in [1.82, 2.24) is 10.6 Å². The van der Waals surface area contributed by atoms with Gasteiger partial charge in [-0.3, -0.25) is 4.79 Å². The summed E-state index contributed by atoms with van der Waals surface area (Å²) in [6, 6.07) is 20.9. The number of carbonyl (C=O) groups excluding carboxylic acids is 2. The van der Waals surface area contributed by atoms with Crippen LogP contribution in [0.3, 0.4) is 0 Å². The molecule has 9 nitrogen and oxygen atoms in total. The molecule has 2 amide bonds. The molecule has 9 heteroatoms. The molecule has 0 atom stereocenters. The standard InChI is InChI=1S/C33H34N4O5/c1-21-15-28(14-7-23(21)20-35)41-30-17-24(16-29(18-30)40-27-12-5-22(19-34)6-13-27)31(38)36-25-8-10-26(11-9-25)37-32(39)42-33(2,3)4/h5-7,12-18,25-26H,8-11H2,1-4H3,(H,36,38)(H,37,39). The molecule has 0 aromatic heterocycles. The minimum atomic E-state index is -0.560. The fourth-order valence-corrected chi connectivity index (χ4v) is 4.64. The highest BCUT2D eigenvalue weighted by molar-refractivity contribution is 5.95. The molecule has 42 heavy (non-hydrogen) atoms. The second kappa shape index (κ2) is 13.1.